The van der Waals surface area contributed by atoms with Crippen molar-refractivity contribution in [2.45, 2.75) is 37.4 Å². The molecule has 0 amide bonds. The molecule has 3 aromatic heterocycles. The molecule has 0 radical (unpaired) electrons. The average Bonchev–Trinajstić information content (AvgIpc) is 3.65. The summed E-state index contributed by atoms with van der Waals surface area (Å²) in [6, 6.07) is 7.75. The molecule has 1 aliphatic rings. The third-order valence-corrected chi connectivity index (χ3v) is 5.91. The summed E-state index contributed by atoms with van der Waals surface area (Å²) in [5.41, 5.74) is 16.5. The van der Waals surface area contributed by atoms with E-state index in [-0.39, 0.29) is 0 Å². The number of aromatic nitrogens is 4. The summed E-state index contributed by atoms with van der Waals surface area (Å²) < 4.78 is 103. The Morgan fingerprint density at radius 1 is 0.816 bits per heavy atom. The van der Waals surface area contributed by atoms with Crippen LogP contribution >= 0.6 is 0 Å². The SMILES string of the molecule is Nc1ccc2nc(-c3cc(-c4cnn(C5CCNCC5)c4)cnc3N)oc2c1.O=C(O)C(F)(F)F.O=C(O)C(F)(F)F.O=C(O)C(F)(F)F. The first-order valence-corrected chi connectivity index (χ1v) is 13.1. The second-order valence-corrected chi connectivity index (χ2v) is 9.50. The van der Waals surface area contributed by atoms with Gasteiger partial charge in [0.2, 0.25) is 5.89 Å². The van der Waals surface area contributed by atoms with Gasteiger partial charge in [0.15, 0.2) is 5.58 Å². The average molecular weight is 718 g/mol. The zero-order valence-corrected chi connectivity index (χ0v) is 24.3. The molecule has 0 unspecified atom stereocenters. The predicted molar refractivity (Wildman–Crippen MR) is 149 cm³/mol. The molecule has 5 rings (SSSR count). The number of nitrogens with one attached hydrogen (secondary N) is 1. The van der Waals surface area contributed by atoms with Crippen molar-refractivity contribution < 1.29 is 73.6 Å². The van der Waals surface area contributed by atoms with Gasteiger partial charge in [0.05, 0.1) is 17.8 Å². The number of rotatable bonds is 3. The molecule has 4 aromatic rings. The van der Waals surface area contributed by atoms with Crippen molar-refractivity contribution in [3.8, 4) is 22.6 Å². The first-order chi connectivity index (χ1) is 22.5. The fraction of sp³-hybridized carbons (Fsp3) is 0.308. The number of carbonyl (C=O) groups is 3. The molecule has 49 heavy (non-hydrogen) atoms. The fourth-order valence-electron chi connectivity index (χ4n) is 3.62. The van der Waals surface area contributed by atoms with E-state index in [2.05, 4.69) is 31.3 Å². The molecule has 1 saturated heterocycles. The van der Waals surface area contributed by atoms with Crippen LogP contribution in [0.3, 0.4) is 0 Å². The van der Waals surface area contributed by atoms with Crippen LogP contribution in [0.4, 0.5) is 51.0 Å². The summed E-state index contributed by atoms with van der Waals surface area (Å²) in [4.78, 5) is 35.6. The molecule has 8 N–H and O–H groups in total. The largest absolute Gasteiger partial charge is 0.490 e. The molecule has 4 heterocycles. The predicted octanol–water partition coefficient (Wildman–Crippen LogP) is 4.74. The highest BCUT2D eigenvalue weighted by Crippen LogP contribution is 2.32. The Labute approximate surface area is 267 Å². The molecular weight excluding hydrogens is 693 g/mol. The topological polar surface area (TPSA) is 233 Å². The maximum atomic E-state index is 10.6. The lowest BCUT2D eigenvalue weighted by Crippen LogP contribution is -2.29. The Hall–Kier alpha value is -5.61. The molecule has 268 valence electrons. The zero-order chi connectivity index (χ0) is 37.3. The molecule has 0 aliphatic carbocycles. The van der Waals surface area contributed by atoms with Crippen LogP contribution in [0.25, 0.3) is 33.7 Å². The molecule has 1 aromatic carbocycles. The van der Waals surface area contributed by atoms with E-state index in [1.165, 1.54) is 0 Å². The number of fused-ring (bicyclic) bond motifs is 1. The number of benzene rings is 1. The molecule has 1 fully saturated rings. The molecule has 1 aliphatic heterocycles. The maximum Gasteiger partial charge on any atom is 0.490 e. The van der Waals surface area contributed by atoms with Gasteiger partial charge in [-0.05, 0) is 44.1 Å². The second-order valence-electron chi connectivity index (χ2n) is 9.50. The van der Waals surface area contributed by atoms with E-state index in [0.717, 1.165) is 42.6 Å². The van der Waals surface area contributed by atoms with Crippen molar-refractivity contribution in [3.05, 3.63) is 42.9 Å². The fourth-order valence-corrected chi connectivity index (χ4v) is 3.62. The van der Waals surface area contributed by atoms with Gasteiger partial charge in [-0.1, -0.05) is 0 Å². The van der Waals surface area contributed by atoms with Gasteiger partial charge in [-0.2, -0.15) is 44.6 Å². The third-order valence-electron chi connectivity index (χ3n) is 5.91. The summed E-state index contributed by atoms with van der Waals surface area (Å²) in [7, 11) is 0. The normalized spacial score (nSPS) is 13.6. The van der Waals surface area contributed by atoms with E-state index in [1.807, 2.05) is 18.3 Å². The number of carboxylic acids is 3. The number of nitrogen functional groups attached to an aromatic ring is 2. The van der Waals surface area contributed by atoms with Gasteiger partial charge in [0.1, 0.15) is 11.3 Å². The molecule has 0 atom stereocenters. The third kappa shape index (κ3) is 12.2. The quantitative estimate of drug-likeness (QED) is 0.124. The first-order valence-electron chi connectivity index (χ1n) is 13.1. The monoisotopic (exact) mass is 717 g/mol. The first kappa shape index (κ1) is 39.6. The highest BCUT2D eigenvalue weighted by molar-refractivity contribution is 5.82. The van der Waals surface area contributed by atoms with Crippen molar-refractivity contribution >= 4 is 40.5 Å². The zero-order valence-electron chi connectivity index (χ0n) is 24.3. The van der Waals surface area contributed by atoms with Crippen molar-refractivity contribution in [3.63, 3.8) is 0 Å². The number of alkyl halides is 9. The molecule has 14 nitrogen and oxygen atoms in total. The van der Waals surface area contributed by atoms with Gasteiger partial charge in [-0.3, -0.25) is 4.68 Å². The van der Waals surface area contributed by atoms with Crippen molar-refractivity contribution in [1.82, 2.24) is 25.1 Å². The summed E-state index contributed by atoms with van der Waals surface area (Å²) in [5, 5.41) is 29.3. The number of pyridine rings is 1. The number of halogens is 9. The van der Waals surface area contributed by atoms with Crippen LogP contribution in [0.1, 0.15) is 18.9 Å². The van der Waals surface area contributed by atoms with Gasteiger partial charge >= 0.3 is 36.4 Å². The van der Waals surface area contributed by atoms with Crippen LogP contribution in [0.5, 0.6) is 0 Å². The van der Waals surface area contributed by atoms with Crippen molar-refractivity contribution in [1.29, 1.82) is 0 Å². The van der Waals surface area contributed by atoms with Gasteiger partial charge < -0.3 is 36.5 Å². The Kier molecular flexibility index (Phi) is 12.9. The minimum Gasteiger partial charge on any atom is -0.475 e. The lowest BCUT2D eigenvalue weighted by molar-refractivity contribution is -0.193. The minimum absolute atomic E-state index is 0.369. The molecule has 0 bridgehead atoms. The Morgan fingerprint density at radius 2 is 1.33 bits per heavy atom. The number of nitrogens with two attached hydrogens (primary N) is 2. The van der Waals surface area contributed by atoms with Crippen LogP contribution in [-0.4, -0.2) is 84.6 Å². The number of carboxylic acid groups (broad SMARTS) is 3. The molecule has 0 saturated carbocycles. The van der Waals surface area contributed by atoms with Gasteiger partial charge in [-0.25, -0.2) is 24.4 Å². The summed E-state index contributed by atoms with van der Waals surface area (Å²) in [6.45, 7) is 2.05. The smallest absolute Gasteiger partial charge is 0.475 e. The second kappa shape index (κ2) is 16.0. The Morgan fingerprint density at radius 3 is 1.82 bits per heavy atom. The van der Waals surface area contributed by atoms with Crippen molar-refractivity contribution in [2.24, 2.45) is 0 Å². The molecule has 23 heteroatoms. The number of hydrogen-bond acceptors (Lipinski definition) is 10. The van der Waals surface area contributed by atoms with Gasteiger partial charge in [0, 0.05) is 35.3 Å². The Balaban J connectivity index is 0.000000325. The highest BCUT2D eigenvalue weighted by Gasteiger charge is 2.39. The number of nitrogens with zero attached hydrogens (tertiary/aromatic N) is 4. The Bertz CT molecular complexity index is 1690. The molecule has 0 spiro atoms. The van der Waals surface area contributed by atoms with Crippen molar-refractivity contribution in [2.75, 3.05) is 24.6 Å². The lowest BCUT2D eigenvalue weighted by atomic mass is 10.1. The van der Waals surface area contributed by atoms with Gasteiger partial charge in [0.25, 0.3) is 0 Å². The highest BCUT2D eigenvalue weighted by atomic mass is 19.4. The number of oxazole rings is 1. The summed E-state index contributed by atoms with van der Waals surface area (Å²) >= 11 is 0. The van der Waals surface area contributed by atoms with E-state index in [9.17, 15) is 39.5 Å². The summed E-state index contributed by atoms with van der Waals surface area (Å²) in [5.74, 6) is -7.47. The van der Waals surface area contributed by atoms with Gasteiger partial charge in [-0.15, -0.1) is 0 Å². The summed E-state index contributed by atoms with van der Waals surface area (Å²) in [6.07, 6.45) is -7.40. The van der Waals surface area contributed by atoms with Crippen LogP contribution in [0.15, 0.2) is 47.3 Å². The standard InChI is InChI=1S/C20H21N7O.3C2HF3O2/c21-14-1-2-17-18(8-14)28-20(26-17)16-7-12(9-24-19(16)22)13-10-25-27(11-13)15-3-5-23-6-4-15;3*3-2(4,5)1(6)7/h1-2,7-11,15,23H,3-6,21H2,(H2,22,24);3*(H,6,7). The van der Waals surface area contributed by atoms with E-state index in [4.69, 9.17) is 45.6 Å². The number of piperidine rings is 1. The van der Waals surface area contributed by atoms with E-state index in [0.29, 0.717) is 34.6 Å². The van der Waals surface area contributed by atoms with E-state index in [1.54, 1.807) is 18.3 Å². The van der Waals surface area contributed by atoms with Crippen LogP contribution in [0, 0.1) is 0 Å². The number of anilines is 2. The van der Waals surface area contributed by atoms with Crippen LogP contribution in [-0.2, 0) is 14.4 Å². The molecular formula is C26H24F9N7O7. The maximum absolute atomic E-state index is 10.6. The van der Waals surface area contributed by atoms with E-state index < -0.39 is 36.4 Å². The number of aliphatic carboxylic acids is 3. The van der Waals surface area contributed by atoms with Crippen LogP contribution < -0.4 is 16.8 Å². The number of hydrogen-bond donors (Lipinski definition) is 6. The minimum atomic E-state index is -5.08. The lowest BCUT2D eigenvalue weighted by Gasteiger charge is -2.22. The van der Waals surface area contributed by atoms with E-state index >= 15 is 0 Å². The van der Waals surface area contributed by atoms with Crippen LogP contribution in [0.2, 0.25) is 0 Å².